The summed E-state index contributed by atoms with van der Waals surface area (Å²) in [6.07, 6.45) is 0. The first-order chi connectivity index (χ1) is 5.43. The number of hydrogen-bond donors (Lipinski definition) is 0. The Kier molecular flexibility index (Phi) is 4.45. The van der Waals surface area contributed by atoms with E-state index in [0.717, 1.165) is 5.75 Å². The van der Waals surface area contributed by atoms with E-state index in [1.807, 2.05) is 30.3 Å². The quantitative estimate of drug-likeness (QED) is 0.687. The minimum Gasteiger partial charge on any atom is -0.454 e. The number of nitrogens with zero attached hydrogens (tertiary/aromatic N) is 1. The Labute approximate surface area is 73.5 Å². The fourth-order valence-electron chi connectivity index (χ4n) is 0.577. The van der Waals surface area contributed by atoms with Crippen LogP contribution in [0, 0.1) is 0 Å². The second-order valence-corrected chi connectivity index (χ2v) is 3.47. The monoisotopic (exact) mass is 205 g/mol. The van der Waals surface area contributed by atoms with Crippen molar-refractivity contribution in [1.29, 1.82) is 0 Å². The lowest BCUT2D eigenvalue weighted by Gasteiger charge is -1.98. The summed E-state index contributed by atoms with van der Waals surface area (Å²) in [6.45, 7) is 0. The molecule has 1 rings (SSSR count). The first-order valence-corrected chi connectivity index (χ1v) is 5.52. The van der Waals surface area contributed by atoms with Gasteiger partial charge in [0.15, 0.2) is 0 Å². The van der Waals surface area contributed by atoms with E-state index >= 15 is 0 Å². The van der Waals surface area contributed by atoms with Gasteiger partial charge in [0.1, 0.15) is 13.5 Å². The molecule has 0 bridgehead atoms. The van der Waals surface area contributed by atoms with Gasteiger partial charge in [-0.1, -0.05) is 18.2 Å². The van der Waals surface area contributed by atoms with E-state index in [1.54, 1.807) is 0 Å². The van der Waals surface area contributed by atoms with Crippen LogP contribution < -0.4 is 4.52 Å². The zero-order valence-electron chi connectivity index (χ0n) is 5.57. The number of rotatable bonds is 3. The molecule has 0 amide bonds. The molecule has 0 saturated heterocycles. The highest BCUT2D eigenvalue weighted by atomic mass is 35.7. The third-order valence-corrected chi connectivity index (χ3v) is 2.62. The van der Waals surface area contributed by atoms with Crippen LogP contribution in [0.5, 0.6) is 5.75 Å². The maximum Gasteiger partial charge on any atom is 0.201 e. The Morgan fingerprint density at radius 1 is 1.36 bits per heavy atom. The van der Waals surface area contributed by atoms with Crippen LogP contribution in [0.25, 0.3) is 0 Å². The van der Waals surface area contributed by atoms with Gasteiger partial charge >= 0.3 is 0 Å². The molecule has 0 radical (unpaired) electrons. The maximum absolute atomic E-state index is 5.30. The molecule has 0 spiro atoms. The number of halogens is 1. The average molecular weight is 206 g/mol. The van der Waals surface area contributed by atoms with E-state index in [2.05, 4.69) is 4.52 Å². The molecule has 0 saturated carbocycles. The first-order valence-electron chi connectivity index (χ1n) is 2.91. The Morgan fingerprint density at radius 2 is 2.09 bits per heavy atom. The van der Waals surface area contributed by atoms with Crippen LogP contribution in [0.4, 0.5) is 0 Å². The summed E-state index contributed by atoms with van der Waals surface area (Å²) in [5, 5.41) is 0. The number of benzene rings is 1. The zero-order chi connectivity index (χ0) is 7.94. The Morgan fingerprint density at radius 3 is 2.73 bits per heavy atom. The van der Waals surface area contributed by atoms with Crippen LogP contribution in [-0.2, 0) is 0 Å². The predicted octanol–water partition coefficient (Wildman–Crippen LogP) is 3.86. The van der Waals surface area contributed by atoms with Crippen molar-refractivity contribution in [3.63, 3.8) is 0 Å². The molecule has 0 aromatic heterocycles. The van der Waals surface area contributed by atoms with Crippen molar-refractivity contribution >= 4 is 27.9 Å². The lowest BCUT2D eigenvalue weighted by molar-refractivity contribution is 0.633. The Balaban J connectivity index is 2.39. The van der Waals surface area contributed by atoms with E-state index in [4.69, 9.17) is 15.8 Å². The smallest absolute Gasteiger partial charge is 0.201 e. The fraction of sp³-hybridized carbons (Fsp3) is 0. The molecule has 1 atom stereocenters. The molecule has 11 heavy (non-hydrogen) atoms. The van der Waals surface area contributed by atoms with E-state index in [1.165, 1.54) is 0 Å². The van der Waals surface area contributed by atoms with Gasteiger partial charge in [-0.3, -0.25) is 0 Å². The molecular formula is C6H6ClNOP2. The van der Waals surface area contributed by atoms with Gasteiger partial charge in [0, 0.05) is 0 Å². The molecule has 0 N–H and O–H groups in total. The lowest BCUT2D eigenvalue weighted by atomic mass is 10.3. The van der Waals surface area contributed by atoms with Crippen LogP contribution in [0.15, 0.2) is 34.8 Å². The molecule has 0 aliphatic heterocycles. The van der Waals surface area contributed by atoms with Crippen molar-refractivity contribution in [1.82, 2.24) is 0 Å². The summed E-state index contributed by atoms with van der Waals surface area (Å²) in [6, 6.07) is 9.53. The van der Waals surface area contributed by atoms with E-state index < -0.39 is 0 Å². The van der Waals surface area contributed by atoms with Gasteiger partial charge < -0.3 is 4.52 Å². The van der Waals surface area contributed by atoms with Crippen LogP contribution in [0.3, 0.4) is 0 Å². The summed E-state index contributed by atoms with van der Waals surface area (Å²) >= 11 is 5.30. The Bertz CT molecular complexity index is 229. The van der Waals surface area contributed by atoms with Crippen molar-refractivity contribution in [3.8, 4) is 5.75 Å². The summed E-state index contributed by atoms with van der Waals surface area (Å²) < 4.78 is 9.03. The second-order valence-electron chi connectivity index (χ2n) is 1.68. The molecule has 1 aromatic carbocycles. The number of para-hydroxylation sites is 1. The van der Waals surface area contributed by atoms with Crippen LogP contribution >= 0.6 is 27.9 Å². The summed E-state index contributed by atoms with van der Waals surface area (Å²) in [4.78, 5) is 0. The third kappa shape index (κ3) is 3.67. The summed E-state index contributed by atoms with van der Waals surface area (Å²) in [5.41, 5.74) is 0. The van der Waals surface area contributed by atoms with Crippen LogP contribution in [0.1, 0.15) is 0 Å². The molecule has 2 nitrogen and oxygen atoms in total. The molecule has 0 aliphatic rings. The largest absolute Gasteiger partial charge is 0.454 e. The number of hydrogen-bond acceptors (Lipinski definition) is 2. The van der Waals surface area contributed by atoms with Gasteiger partial charge in [0.25, 0.3) is 0 Å². The van der Waals surface area contributed by atoms with Gasteiger partial charge in [0.2, 0.25) is 8.96 Å². The molecule has 58 valence electrons. The highest BCUT2D eigenvalue weighted by Crippen LogP contribution is 2.25. The van der Waals surface area contributed by atoms with Crippen LogP contribution in [0.2, 0.25) is 0 Å². The van der Waals surface area contributed by atoms with Crippen molar-refractivity contribution in [2.24, 2.45) is 4.52 Å². The Hall–Kier alpha value is -0.160. The minimum atomic E-state index is 0.0904. The third-order valence-electron chi connectivity index (χ3n) is 0.985. The zero-order valence-corrected chi connectivity index (χ0v) is 8.22. The van der Waals surface area contributed by atoms with Gasteiger partial charge in [0.05, 0.1) is 0 Å². The summed E-state index contributed by atoms with van der Waals surface area (Å²) in [7, 11) is 0.590. The minimum absolute atomic E-state index is 0.0904. The van der Waals surface area contributed by atoms with Crippen LogP contribution in [-0.4, -0.2) is 0 Å². The highest BCUT2D eigenvalue weighted by molar-refractivity contribution is 7.63. The fourth-order valence-corrected chi connectivity index (χ4v) is 1.38. The standard InChI is InChI=1S/C6H6ClNOP2/c7-10-8-11-9-6-4-2-1-3-5-6/h1-5,11H. The first kappa shape index (κ1) is 8.93. The van der Waals surface area contributed by atoms with E-state index in [-0.39, 0.29) is 8.96 Å². The molecule has 0 heterocycles. The predicted molar refractivity (Wildman–Crippen MR) is 50.6 cm³/mol. The van der Waals surface area contributed by atoms with Gasteiger partial charge in [-0.05, 0) is 23.4 Å². The average Bonchev–Trinajstić information content (AvgIpc) is 2.07. The summed E-state index contributed by atoms with van der Waals surface area (Å²) in [5.74, 6) is 0.829. The maximum atomic E-state index is 5.30. The van der Waals surface area contributed by atoms with Gasteiger partial charge in [-0.25, -0.2) is 0 Å². The van der Waals surface area contributed by atoms with Crippen molar-refractivity contribution < 1.29 is 4.52 Å². The molecule has 1 unspecified atom stereocenters. The van der Waals surface area contributed by atoms with E-state index in [9.17, 15) is 0 Å². The van der Waals surface area contributed by atoms with Gasteiger partial charge in [-0.15, -0.1) is 0 Å². The second kappa shape index (κ2) is 5.49. The SMILES string of the molecule is ClP=NPOc1ccccc1. The molecule has 0 aliphatic carbocycles. The molecule has 1 aromatic rings. The lowest BCUT2D eigenvalue weighted by Crippen LogP contribution is -1.72. The van der Waals surface area contributed by atoms with Crippen molar-refractivity contribution in [2.45, 2.75) is 0 Å². The van der Waals surface area contributed by atoms with Gasteiger partial charge in [-0.2, -0.15) is 4.52 Å². The normalized spacial score (nSPS) is 11.4. The molecule has 0 fully saturated rings. The van der Waals surface area contributed by atoms with E-state index in [0.29, 0.717) is 7.73 Å². The topological polar surface area (TPSA) is 21.6 Å². The highest BCUT2D eigenvalue weighted by Gasteiger charge is 1.87. The van der Waals surface area contributed by atoms with Crippen molar-refractivity contribution in [3.05, 3.63) is 30.3 Å². The molecule has 5 heteroatoms. The van der Waals surface area contributed by atoms with Crippen molar-refractivity contribution in [2.75, 3.05) is 0 Å². The molecular weight excluding hydrogens is 199 g/mol.